The Labute approximate surface area is 79.6 Å². The minimum Gasteiger partial charge on any atom is -0.391 e. The molecule has 2 bridgehead atoms. The molecule has 0 aromatic carbocycles. The van der Waals surface area contributed by atoms with E-state index in [2.05, 4.69) is 23.6 Å². The van der Waals surface area contributed by atoms with Crippen molar-refractivity contribution < 1.29 is 5.11 Å². The average Bonchev–Trinajstić information content (AvgIpc) is 2.12. The highest BCUT2D eigenvalue weighted by Crippen LogP contribution is 2.29. The Morgan fingerprint density at radius 2 is 2.00 bits per heavy atom. The Kier molecular flexibility index (Phi) is 1.99. The standard InChI is InChI=1S/C10H18N2O/c1-7-8(2)12-5-4-11(7)6-10(12)9(3)13/h9-10,13H,4-6H2,1-3H3. The van der Waals surface area contributed by atoms with Crippen LogP contribution in [-0.4, -0.2) is 46.7 Å². The zero-order valence-electron chi connectivity index (χ0n) is 8.62. The molecule has 1 N–H and O–H groups in total. The van der Waals surface area contributed by atoms with Crippen LogP contribution in [0.5, 0.6) is 0 Å². The van der Waals surface area contributed by atoms with E-state index in [-0.39, 0.29) is 6.10 Å². The molecule has 0 amide bonds. The fourth-order valence-corrected chi connectivity index (χ4v) is 2.38. The minimum atomic E-state index is -0.231. The van der Waals surface area contributed by atoms with Gasteiger partial charge in [-0.3, -0.25) is 0 Å². The molecule has 0 spiro atoms. The van der Waals surface area contributed by atoms with Gasteiger partial charge in [0.05, 0.1) is 12.1 Å². The van der Waals surface area contributed by atoms with Crippen molar-refractivity contribution >= 4 is 0 Å². The fourth-order valence-electron chi connectivity index (χ4n) is 2.38. The van der Waals surface area contributed by atoms with Crippen LogP contribution in [0.3, 0.4) is 0 Å². The molecule has 2 unspecified atom stereocenters. The molecule has 0 radical (unpaired) electrons. The number of rotatable bonds is 1. The fraction of sp³-hybridized carbons (Fsp3) is 0.800. The van der Waals surface area contributed by atoms with Crippen molar-refractivity contribution in [2.75, 3.05) is 19.6 Å². The van der Waals surface area contributed by atoms with Gasteiger partial charge in [-0.15, -0.1) is 0 Å². The van der Waals surface area contributed by atoms with E-state index in [0.29, 0.717) is 6.04 Å². The second-order valence-electron chi connectivity index (χ2n) is 4.12. The highest BCUT2D eigenvalue weighted by Gasteiger charge is 2.35. The second kappa shape index (κ2) is 2.91. The van der Waals surface area contributed by atoms with Gasteiger partial charge in [0.2, 0.25) is 0 Å². The maximum atomic E-state index is 9.61. The van der Waals surface area contributed by atoms with E-state index in [4.69, 9.17) is 0 Å². The predicted octanol–water partition coefficient (Wildman–Crippen LogP) is 0.618. The molecule has 3 aliphatic heterocycles. The number of nitrogens with zero attached hydrogens (tertiary/aromatic N) is 2. The third-order valence-corrected chi connectivity index (χ3v) is 3.40. The van der Waals surface area contributed by atoms with E-state index >= 15 is 0 Å². The Balaban J connectivity index is 2.27. The lowest BCUT2D eigenvalue weighted by Gasteiger charge is -2.51. The lowest BCUT2D eigenvalue weighted by atomic mass is 10.0. The molecule has 0 aliphatic carbocycles. The topological polar surface area (TPSA) is 26.7 Å². The van der Waals surface area contributed by atoms with Gasteiger partial charge >= 0.3 is 0 Å². The van der Waals surface area contributed by atoms with E-state index < -0.39 is 0 Å². The molecule has 13 heavy (non-hydrogen) atoms. The summed E-state index contributed by atoms with van der Waals surface area (Å²) in [6, 6.07) is 0.303. The molecule has 1 fully saturated rings. The van der Waals surface area contributed by atoms with E-state index in [1.54, 1.807) is 0 Å². The van der Waals surface area contributed by atoms with Crippen LogP contribution in [-0.2, 0) is 0 Å². The third-order valence-electron chi connectivity index (χ3n) is 3.40. The molecule has 3 heteroatoms. The molecule has 0 aromatic rings. The van der Waals surface area contributed by atoms with Crippen molar-refractivity contribution in [1.29, 1.82) is 0 Å². The molecule has 0 saturated carbocycles. The van der Waals surface area contributed by atoms with Crippen LogP contribution in [0.1, 0.15) is 20.8 Å². The number of allylic oxidation sites excluding steroid dienone is 2. The first-order valence-electron chi connectivity index (χ1n) is 4.98. The monoisotopic (exact) mass is 182 g/mol. The highest BCUT2D eigenvalue weighted by molar-refractivity contribution is 5.18. The molecule has 3 aliphatic rings. The summed E-state index contributed by atoms with van der Waals surface area (Å²) in [4.78, 5) is 4.73. The summed E-state index contributed by atoms with van der Waals surface area (Å²) in [7, 11) is 0. The first-order valence-corrected chi connectivity index (χ1v) is 4.98. The van der Waals surface area contributed by atoms with Crippen molar-refractivity contribution in [2.24, 2.45) is 0 Å². The van der Waals surface area contributed by atoms with Crippen LogP contribution in [0.15, 0.2) is 11.4 Å². The maximum absolute atomic E-state index is 9.61. The predicted molar refractivity (Wildman–Crippen MR) is 52.1 cm³/mol. The summed E-state index contributed by atoms with van der Waals surface area (Å²) in [5.41, 5.74) is 2.71. The van der Waals surface area contributed by atoms with Gasteiger partial charge in [0, 0.05) is 31.0 Å². The summed E-state index contributed by atoms with van der Waals surface area (Å²) in [6.45, 7) is 9.37. The molecular formula is C10H18N2O. The van der Waals surface area contributed by atoms with Crippen LogP contribution in [0, 0.1) is 0 Å². The lowest BCUT2D eigenvalue weighted by Crippen LogP contribution is -2.59. The SMILES string of the molecule is CC1=C(C)N2CCN1CC2C(C)O. The molecule has 74 valence electrons. The molecule has 3 nitrogen and oxygen atoms in total. The summed E-state index contributed by atoms with van der Waals surface area (Å²) in [6.07, 6.45) is -0.231. The molecular weight excluding hydrogens is 164 g/mol. The van der Waals surface area contributed by atoms with Crippen molar-refractivity contribution in [2.45, 2.75) is 32.9 Å². The van der Waals surface area contributed by atoms with Gasteiger partial charge in [-0.1, -0.05) is 0 Å². The van der Waals surface area contributed by atoms with Gasteiger partial charge < -0.3 is 14.9 Å². The molecule has 3 heterocycles. The first-order chi connectivity index (χ1) is 6.11. The minimum absolute atomic E-state index is 0.231. The average molecular weight is 182 g/mol. The number of aliphatic hydroxyl groups excluding tert-OH is 1. The van der Waals surface area contributed by atoms with Crippen LogP contribution in [0.4, 0.5) is 0 Å². The van der Waals surface area contributed by atoms with Crippen LogP contribution < -0.4 is 0 Å². The zero-order valence-corrected chi connectivity index (χ0v) is 8.62. The van der Waals surface area contributed by atoms with E-state index in [1.165, 1.54) is 11.4 Å². The van der Waals surface area contributed by atoms with E-state index in [0.717, 1.165) is 19.6 Å². The Hall–Kier alpha value is -0.700. The van der Waals surface area contributed by atoms with Gasteiger partial charge in [-0.05, 0) is 20.8 Å². The summed E-state index contributed by atoms with van der Waals surface area (Å²) >= 11 is 0. The number of hydrogen-bond acceptors (Lipinski definition) is 3. The summed E-state index contributed by atoms with van der Waals surface area (Å²) < 4.78 is 0. The van der Waals surface area contributed by atoms with Crippen molar-refractivity contribution in [3.63, 3.8) is 0 Å². The van der Waals surface area contributed by atoms with Crippen molar-refractivity contribution in [3.05, 3.63) is 11.4 Å². The van der Waals surface area contributed by atoms with Crippen LogP contribution >= 0.6 is 0 Å². The second-order valence-corrected chi connectivity index (χ2v) is 4.12. The number of piperazine rings is 1. The largest absolute Gasteiger partial charge is 0.391 e. The van der Waals surface area contributed by atoms with Crippen molar-refractivity contribution in [1.82, 2.24) is 9.80 Å². The van der Waals surface area contributed by atoms with Gasteiger partial charge in [0.25, 0.3) is 0 Å². The Morgan fingerprint density at radius 3 is 2.54 bits per heavy atom. The number of fused-ring (bicyclic) bond motifs is 2. The normalized spacial score (nSPS) is 30.0. The molecule has 1 saturated heterocycles. The Morgan fingerprint density at radius 1 is 1.31 bits per heavy atom. The highest BCUT2D eigenvalue weighted by atomic mass is 16.3. The van der Waals surface area contributed by atoms with E-state index in [1.807, 2.05) is 6.92 Å². The number of hydrogen-bond donors (Lipinski definition) is 1. The lowest BCUT2D eigenvalue weighted by molar-refractivity contribution is 0.00958. The smallest absolute Gasteiger partial charge is 0.0732 e. The molecule has 0 aromatic heterocycles. The summed E-state index contributed by atoms with van der Waals surface area (Å²) in [5, 5.41) is 9.61. The molecule has 3 rings (SSSR count). The molecule has 2 atom stereocenters. The summed E-state index contributed by atoms with van der Waals surface area (Å²) in [5.74, 6) is 0. The van der Waals surface area contributed by atoms with Crippen molar-refractivity contribution in [3.8, 4) is 0 Å². The van der Waals surface area contributed by atoms with Crippen LogP contribution in [0.2, 0.25) is 0 Å². The van der Waals surface area contributed by atoms with Gasteiger partial charge in [0.15, 0.2) is 0 Å². The van der Waals surface area contributed by atoms with Crippen LogP contribution in [0.25, 0.3) is 0 Å². The van der Waals surface area contributed by atoms with Gasteiger partial charge in [-0.25, -0.2) is 0 Å². The van der Waals surface area contributed by atoms with E-state index in [9.17, 15) is 5.11 Å². The van der Waals surface area contributed by atoms with Gasteiger partial charge in [-0.2, -0.15) is 0 Å². The Bertz CT molecular complexity index is 247. The van der Waals surface area contributed by atoms with Gasteiger partial charge in [0.1, 0.15) is 0 Å². The third kappa shape index (κ3) is 1.22. The zero-order chi connectivity index (χ0) is 9.59. The number of aliphatic hydroxyl groups is 1. The maximum Gasteiger partial charge on any atom is 0.0732 e. The quantitative estimate of drug-likeness (QED) is 0.644. The first kappa shape index (κ1) is 8.88.